The fraction of sp³-hybridized carbons (Fsp3) is 0.429. The van der Waals surface area contributed by atoms with E-state index in [4.69, 9.17) is 0 Å². The van der Waals surface area contributed by atoms with Crippen LogP contribution in [0.15, 0.2) is 35.5 Å². The second-order valence-electron chi connectivity index (χ2n) is 5.91. The lowest BCUT2D eigenvalue weighted by Gasteiger charge is -2.17. The summed E-state index contributed by atoms with van der Waals surface area (Å²) in [5, 5.41) is 4.29. The van der Waals surface area contributed by atoms with Crippen molar-refractivity contribution in [3.05, 3.63) is 42.0 Å². The molecule has 0 unspecified atom stereocenters. The van der Waals surface area contributed by atoms with Gasteiger partial charge in [0.05, 0.1) is 17.9 Å². The van der Waals surface area contributed by atoms with Gasteiger partial charge < -0.3 is 0 Å². The van der Waals surface area contributed by atoms with Gasteiger partial charge in [0.15, 0.2) is 0 Å². The third kappa shape index (κ3) is 3.68. The van der Waals surface area contributed by atoms with Crippen LogP contribution in [0.2, 0.25) is 0 Å². The summed E-state index contributed by atoms with van der Waals surface area (Å²) in [6.07, 6.45) is 3.16. The first-order valence-electron chi connectivity index (χ1n) is 6.64. The SMILES string of the molecule is Cn1cc(S(=O)(=O)NCc2ccccn2)c(C(C)(C)C)n1. The van der Waals surface area contributed by atoms with Gasteiger partial charge in [-0.2, -0.15) is 5.10 Å². The summed E-state index contributed by atoms with van der Waals surface area (Å²) in [7, 11) is -1.91. The summed E-state index contributed by atoms with van der Waals surface area (Å²) >= 11 is 0. The van der Waals surface area contributed by atoms with Crippen LogP contribution in [0, 0.1) is 0 Å². The largest absolute Gasteiger partial charge is 0.274 e. The van der Waals surface area contributed by atoms with E-state index in [0.29, 0.717) is 11.4 Å². The molecule has 114 valence electrons. The first-order chi connectivity index (χ1) is 9.70. The summed E-state index contributed by atoms with van der Waals surface area (Å²) in [6, 6.07) is 5.38. The monoisotopic (exact) mass is 308 g/mol. The van der Waals surface area contributed by atoms with Crippen molar-refractivity contribution >= 4 is 10.0 Å². The molecule has 2 heterocycles. The predicted octanol–water partition coefficient (Wildman–Crippen LogP) is 1.59. The zero-order valence-corrected chi connectivity index (χ0v) is 13.5. The predicted molar refractivity (Wildman–Crippen MR) is 80.2 cm³/mol. The highest BCUT2D eigenvalue weighted by Crippen LogP contribution is 2.27. The topological polar surface area (TPSA) is 76.9 Å². The minimum absolute atomic E-state index is 0.154. The Labute approximate surface area is 125 Å². The molecular formula is C14H20N4O2S. The normalized spacial score (nSPS) is 12.6. The van der Waals surface area contributed by atoms with E-state index in [0.717, 1.165) is 0 Å². The number of sulfonamides is 1. The number of nitrogens with zero attached hydrogens (tertiary/aromatic N) is 3. The molecule has 21 heavy (non-hydrogen) atoms. The van der Waals surface area contributed by atoms with Gasteiger partial charge in [-0.25, -0.2) is 13.1 Å². The summed E-state index contributed by atoms with van der Waals surface area (Å²) in [6.45, 7) is 5.97. The summed E-state index contributed by atoms with van der Waals surface area (Å²) in [5.41, 5.74) is 0.872. The van der Waals surface area contributed by atoms with Crippen LogP contribution in [0.25, 0.3) is 0 Å². The molecule has 2 aromatic heterocycles. The molecule has 1 N–H and O–H groups in total. The highest BCUT2D eigenvalue weighted by Gasteiger charge is 2.29. The first kappa shape index (κ1) is 15.7. The molecule has 0 aliphatic rings. The maximum Gasteiger partial charge on any atom is 0.244 e. The van der Waals surface area contributed by atoms with E-state index in [2.05, 4.69) is 14.8 Å². The molecule has 0 aromatic carbocycles. The van der Waals surface area contributed by atoms with Crippen molar-refractivity contribution in [3.63, 3.8) is 0 Å². The number of hydrogen-bond acceptors (Lipinski definition) is 4. The minimum Gasteiger partial charge on any atom is -0.274 e. The van der Waals surface area contributed by atoms with Crippen molar-refractivity contribution in [2.24, 2.45) is 7.05 Å². The van der Waals surface area contributed by atoms with E-state index in [1.165, 1.54) is 10.9 Å². The zero-order chi connectivity index (χ0) is 15.7. The van der Waals surface area contributed by atoms with Gasteiger partial charge in [0.1, 0.15) is 4.90 Å². The second kappa shape index (κ2) is 5.57. The highest BCUT2D eigenvalue weighted by molar-refractivity contribution is 7.89. The fourth-order valence-electron chi connectivity index (χ4n) is 1.93. The molecule has 0 atom stereocenters. The number of hydrogen-bond donors (Lipinski definition) is 1. The van der Waals surface area contributed by atoms with E-state index in [-0.39, 0.29) is 16.9 Å². The quantitative estimate of drug-likeness (QED) is 0.930. The van der Waals surface area contributed by atoms with E-state index in [1.807, 2.05) is 26.8 Å². The molecule has 0 fully saturated rings. The second-order valence-corrected chi connectivity index (χ2v) is 7.65. The summed E-state index contributed by atoms with van der Waals surface area (Å²) in [4.78, 5) is 4.32. The van der Waals surface area contributed by atoms with Gasteiger partial charge in [0.25, 0.3) is 0 Å². The Balaban J connectivity index is 2.28. The van der Waals surface area contributed by atoms with Gasteiger partial charge in [-0.1, -0.05) is 26.8 Å². The molecule has 0 bridgehead atoms. The maximum atomic E-state index is 12.5. The van der Waals surface area contributed by atoms with Crippen LogP contribution < -0.4 is 4.72 Å². The molecule has 0 amide bonds. The zero-order valence-electron chi connectivity index (χ0n) is 12.7. The Hall–Kier alpha value is -1.73. The average Bonchev–Trinajstić information content (AvgIpc) is 2.81. The van der Waals surface area contributed by atoms with Crippen molar-refractivity contribution in [3.8, 4) is 0 Å². The van der Waals surface area contributed by atoms with E-state index >= 15 is 0 Å². The lowest BCUT2D eigenvalue weighted by Crippen LogP contribution is -2.26. The van der Waals surface area contributed by atoms with Crippen molar-refractivity contribution in [2.45, 2.75) is 37.6 Å². The van der Waals surface area contributed by atoms with E-state index in [1.54, 1.807) is 25.4 Å². The van der Waals surface area contributed by atoms with Crippen molar-refractivity contribution in [1.29, 1.82) is 0 Å². The molecular weight excluding hydrogens is 288 g/mol. The lowest BCUT2D eigenvalue weighted by molar-refractivity contribution is 0.535. The van der Waals surface area contributed by atoms with Gasteiger partial charge >= 0.3 is 0 Å². The third-order valence-electron chi connectivity index (χ3n) is 2.96. The Morgan fingerprint density at radius 1 is 1.29 bits per heavy atom. The van der Waals surface area contributed by atoms with E-state index < -0.39 is 10.0 Å². The molecule has 0 aliphatic carbocycles. The van der Waals surface area contributed by atoms with Crippen molar-refractivity contribution in [1.82, 2.24) is 19.5 Å². The number of aromatic nitrogens is 3. The Kier molecular flexibility index (Phi) is 4.15. The standard InChI is InChI=1S/C14H20N4O2S/c1-14(2,3)13-12(10-18(4)17-13)21(19,20)16-9-11-7-5-6-8-15-11/h5-8,10,16H,9H2,1-4H3. The summed E-state index contributed by atoms with van der Waals surface area (Å²) < 4.78 is 29.1. The third-order valence-corrected chi connectivity index (χ3v) is 4.37. The van der Waals surface area contributed by atoms with Crippen molar-refractivity contribution < 1.29 is 8.42 Å². The Morgan fingerprint density at radius 3 is 2.57 bits per heavy atom. The van der Waals surface area contributed by atoms with Crippen LogP contribution in [0.4, 0.5) is 0 Å². The van der Waals surface area contributed by atoms with Gasteiger partial charge in [-0.3, -0.25) is 9.67 Å². The molecule has 2 aromatic rings. The van der Waals surface area contributed by atoms with Gasteiger partial charge in [-0.05, 0) is 12.1 Å². The van der Waals surface area contributed by atoms with Crippen LogP contribution in [0.5, 0.6) is 0 Å². The number of nitrogens with one attached hydrogen (secondary N) is 1. The Bertz CT molecular complexity index is 715. The maximum absolute atomic E-state index is 12.5. The molecule has 7 heteroatoms. The van der Waals surface area contributed by atoms with Crippen LogP contribution >= 0.6 is 0 Å². The van der Waals surface area contributed by atoms with Crippen LogP contribution in [0.1, 0.15) is 32.2 Å². The number of pyridine rings is 1. The first-order valence-corrected chi connectivity index (χ1v) is 8.12. The molecule has 0 aliphatic heterocycles. The lowest BCUT2D eigenvalue weighted by atomic mass is 9.92. The van der Waals surface area contributed by atoms with Gasteiger partial charge in [0.2, 0.25) is 10.0 Å². The van der Waals surface area contributed by atoms with Gasteiger partial charge in [0, 0.05) is 24.9 Å². The number of rotatable bonds is 4. The van der Waals surface area contributed by atoms with Crippen molar-refractivity contribution in [2.75, 3.05) is 0 Å². The minimum atomic E-state index is -3.62. The van der Waals surface area contributed by atoms with Gasteiger partial charge in [-0.15, -0.1) is 0 Å². The smallest absolute Gasteiger partial charge is 0.244 e. The molecule has 0 saturated carbocycles. The number of aryl methyl sites for hydroxylation is 1. The molecule has 6 nitrogen and oxygen atoms in total. The summed E-state index contributed by atoms with van der Waals surface area (Å²) in [5.74, 6) is 0. The highest BCUT2D eigenvalue weighted by atomic mass is 32.2. The molecule has 0 saturated heterocycles. The van der Waals surface area contributed by atoms with Crippen LogP contribution in [0.3, 0.4) is 0 Å². The fourth-order valence-corrected chi connectivity index (χ4v) is 3.32. The van der Waals surface area contributed by atoms with Crippen LogP contribution in [-0.2, 0) is 29.0 Å². The van der Waals surface area contributed by atoms with Crippen LogP contribution in [-0.4, -0.2) is 23.2 Å². The molecule has 2 rings (SSSR count). The molecule has 0 radical (unpaired) electrons. The average molecular weight is 308 g/mol. The van der Waals surface area contributed by atoms with E-state index in [9.17, 15) is 8.42 Å². The molecule has 0 spiro atoms. The Morgan fingerprint density at radius 2 is 2.00 bits per heavy atom.